The van der Waals surface area contributed by atoms with E-state index in [-0.39, 0.29) is 19.1 Å². The van der Waals surface area contributed by atoms with Gasteiger partial charge in [-0.25, -0.2) is 0 Å². The SMILES string of the molecule is C=C(C)CN(CC)C(=O)COC(=O)CNC(=O)c1ccc(OC)cc1. The van der Waals surface area contributed by atoms with Gasteiger partial charge in [0, 0.05) is 18.7 Å². The number of carbonyl (C=O) groups excluding carboxylic acids is 3. The molecule has 0 bridgehead atoms. The Labute approximate surface area is 147 Å². The lowest BCUT2D eigenvalue weighted by Crippen LogP contribution is -2.37. The fourth-order valence-corrected chi connectivity index (χ4v) is 1.98. The van der Waals surface area contributed by atoms with E-state index in [0.717, 1.165) is 5.57 Å². The van der Waals surface area contributed by atoms with Crippen molar-refractivity contribution in [1.82, 2.24) is 10.2 Å². The van der Waals surface area contributed by atoms with E-state index in [1.807, 2.05) is 13.8 Å². The first-order valence-electron chi connectivity index (χ1n) is 7.87. The Morgan fingerprint density at radius 2 is 1.84 bits per heavy atom. The molecule has 1 rings (SSSR count). The number of amides is 2. The van der Waals surface area contributed by atoms with Gasteiger partial charge in [0.05, 0.1) is 7.11 Å². The molecule has 1 aromatic carbocycles. The van der Waals surface area contributed by atoms with Crippen LogP contribution in [0.4, 0.5) is 0 Å². The molecule has 0 aliphatic rings. The number of carbonyl (C=O) groups is 3. The molecule has 0 fully saturated rings. The topological polar surface area (TPSA) is 84.9 Å². The number of nitrogens with zero attached hydrogens (tertiary/aromatic N) is 1. The van der Waals surface area contributed by atoms with E-state index >= 15 is 0 Å². The monoisotopic (exact) mass is 348 g/mol. The van der Waals surface area contributed by atoms with Gasteiger partial charge in [-0.15, -0.1) is 0 Å². The second kappa shape index (κ2) is 10.1. The average molecular weight is 348 g/mol. The van der Waals surface area contributed by atoms with Crippen LogP contribution in [0, 0.1) is 0 Å². The molecular weight excluding hydrogens is 324 g/mol. The third-order valence-electron chi connectivity index (χ3n) is 3.30. The molecule has 0 saturated carbocycles. The second-order valence-corrected chi connectivity index (χ2v) is 5.44. The molecule has 0 aliphatic heterocycles. The van der Waals surface area contributed by atoms with Gasteiger partial charge in [0.25, 0.3) is 11.8 Å². The lowest BCUT2D eigenvalue weighted by atomic mass is 10.2. The Bertz CT molecular complexity index is 625. The van der Waals surface area contributed by atoms with Gasteiger partial charge in [0.2, 0.25) is 0 Å². The van der Waals surface area contributed by atoms with E-state index in [0.29, 0.717) is 24.4 Å². The number of ether oxygens (including phenoxy) is 2. The molecule has 0 saturated heterocycles. The van der Waals surface area contributed by atoms with E-state index in [2.05, 4.69) is 11.9 Å². The van der Waals surface area contributed by atoms with Gasteiger partial charge >= 0.3 is 5.97 Å². The van der Waals surface area contributed by atoms with E-state index < -0.39 is 11.9 Å². The first-order chi connectivity index (χ1) is 11.9. The number of hydrogen-bond acceptors (Lipinski definition) is 5. The van der Waals surface area contributed by atoms with Crippen LogP contribution in [0.5, 0.6) is 5.75 Å². The summed E-state index contributed by atoms with van der Waals surface area (Å²) in [5.41, 5.74) is 1.23. The molecule has 2 amide bonds. The quantitative estimate of drug-likeness (QED) is 0.538. The van der Waals surface area contributed by atoms with E-state index in [1.165, 1.54) is 12.0 Å². The maximum absolute atomic E-state index is 11.9. The van der Waals surface area contributed by atoms with Crippen LogP contribution in [0.3, 0.4) is 0 Å². The van der Waals surface area contributed by atoms with Crippen LogP contribution in [-0.2, 0) is 14.3 Å². The number of esters is 1. The smallest absolute Gasteiger partial charge is 0.325 e. The molecule has 0 heterocycles. The zero-order chi connectivity index (χ0) is 18.8. The zero-order valence-corrected chi connectivity index (χ0v) is 14.8. The van der Waals surface area contributed by atoms with Crippen LogP contribution in [0.2, 0.25) is 0 Å². The number of benzene rings is 1. The van der Waals surface area contributed by atoms with Gasteiger partial charge in [0.15, 0.2) is 6.61 Å². The first-order valence-corrected chi connectivity index (χ1v) is 7.87. The maximum Gasteiger partial charge on any atom is 0.325 e. The highest BCUT2D eigenvalue weighted by atomic mass is 16.5. The normalized spacial score (nSPS) is 9.88. The predicted octanol–water partition coefficient (Wildman–Crippen LogP) is 1.39. The van der Waals surface area contributed by atoms with Crippen molar-refractivity contribution in [2.45, 2.75) is 13.8 Å². The number of rotatable bonds is 9. The van der Waals surface area contributed by atoms with Crippen LogP contribution in [0.1, 0.15) is 24.2 Å². The third kappa shape index (κ3) is 7.07. The van der Waals surface area contributed by atoms with Crippen molar-refractivity contribution in [2.24, 2.45) is 0 Å². The molecule has 0 spiro atoms. The van der Waals surface area contributed by atoms with Crippen molar-refractivity contribution in [1.29, 1.82) is 0 Å². The van der Waals surface area contributed by atoms with Gasteiger partial charge in [-0.1, -0.05) is 12.2 Å². The minimum atomic E-state index is -0.679. The fraction of sp³-hybridized carbons (Fsp3) is 0.389. The number of nitrogens with one attached hydrogen (secondary N) is 1. The van der Waals surface area contributed by atoms with Gasteiger partial charge in [-0.2, -0.15) is 0 Å². The first kappa shape index (κ1) is 20.2. The lowest BCUT2D eigenvalue weighted by Gasteiger charge is -2.20. The molecule has 7 heteroatoms. The van der Waals surface area contributed by atoms with Gasteiger partial charge in [-0.05, 0) is 38.1 Å². The summed E-state index contributed by atoms with van der Waals surface area (Å²) >= 11 is 0. The third-order valence-corrected chi connectivity index (χ3v) is 3.30. The zero-order valence-electron chi connectivity index (χ0n) is 14.8. The minimum Gasteiger partial charge on any atom is -0.497 e. The summed E-state index contributed by atoms with van der Waals surface area (Å²) in [7, 11) is 1.53. The Balaban J connectivity index is 2.39. The standard InChI is InChI=1S/C18H24N2O5/c1-5-20(11-13(2)3)16(21)12-25-17(22)10-19-18(23)14-6-8-15(24-4)9-7-14/h6-9H,2,5,10-12H2,1,3-4H3,(H,19,23). The van der Waals surface area contributed by atoms with Crippen LogP contribution < -0.4 is 10.1 Å². The molecule has 0 unspecified atom stereocenters. The van der Waals surface area contributed by atoms with Crippen molar-refractivity contribution in [3.63, 3.8) is 0 Å². The molecule has 0 radical (unpaired) electrons. The minimum absolute atomic E-state index is 0.305. The summed E-state index contributed by atoms with van der Waals surface area (Å²) in [6.45, 7) is 7.64. The second-order valence-electron chi connectivity index (χ2n) is 5.44. The molecular formula is C18H24N2O5. The maximum atomic E-state index is 11.9. The van der Waals surface area contributed by atoms with E-state index in [4.69, 9.17) is 9.47 Å². The highest BCUT2D eigenvalue weighted by Crippen LogP contribution is 2.10. The summed E-state index contributed by atoms with van der Waals surface area (Å²) in [6, 6.07) is 6.46. The number of methoxy groups -OCH3 is 1. The lowest BCUT2D eigenvalue weighted by molar-refractivity contribution is -0.150. The molecule has 1 N–H and O–H groups in total. The van der Waals surface area contributed by atoms with E-state index in [9.17, 15) is 14.4 Å². The Morgan fingerprint density at radius 3 is 2.36 bits per heavy atom. The Hall–Kier alpha value is -2.83. The van der Waals surface area contributed by atoms with Gasteiger partial charge in [0.1, 0.15) is 12.3 Å². The molecule has 25 heavy (non-hydrogen) atoms. The number of likely N-dealkylation sites (N-methyl/N-ethyl adjacent to an activating group) is 1. The van der Waals surface area contributed by atoms with Crippen LogP contribution in [-0.4, -0.2) is 56.0 Å². The van der Waals surface area contributed by atoms with Crippen molar-refractivity contribution in [2.75, 3.05) is 33.4 Å². The van der Waals surface area contributed by atoms with Crippen LogP contribution in [0.25, 0.3) is 0 Å². The van der Waals surface area contributed by atoms with Crippen LogP contribution >= 0.6 is 0 Å². The molecule has 1 aromatic rings. The molecule has 0 aromatic heterocycles. The number of hydrogen-bond donors (Lipinski definition) is 1. The summed E-state index contributed by atoms with van der Waals surface area (Å²) < 4.78 is 9.90. The summed E-state index contributed by atoms with van der Waals surface area (Å²) in [4.78, 5) is 37.1. The highest BCUT2D eigenvalue weighted by molar-refractivity contribution is 5.96. The fourth-order valence-electron chi connectivity index (χ4n) is 1.98. The summed E-state index contributed by atoms with van der Waals surface area (Å²) in [6.07, 6.45) is 0. The molecule has 136 valence electrons. The molecule has 7 nitrogen and oxygen atoms in total. The average Bonchev–Trinajstić information content (AvgIpc) is 2.61. The van der Waals surface area contributed by atoms with Crippen molar-refractivity contribution >= 4 is 17.8 Å². The summed E-state index contributed by atoms with van der Waals surface area (Å²) in [5, 5.41) is 2.44. The largest absolute Gasteiger partial charge is 0.497 e. The van der Waals surface area contributed by atoms with Crippen molar-refractivity contribution < 1.29 is 23.9 Å². The van der Waals surface area contributed by atoms with Crippen molar-refractivity contribution in [3.8, 4) is 5.75 Å². The van der Waals surface area contributed by atoms with Gasteiger partial charge < -0.3 is 19.7 Å². The Morgan fingerprint density at radius 1 is 1.20 bits per heavy atom. The summed E-state index contributed by atoms with van der Waals surface area (Å²) in [5.74, 6) is -0.768. The molecule has 0 atom stereocenters. The molecule has 0 aliphatic carbocycles. The van der Waals surface area contributed by atoms with Crippen molar-refractivity contribution in [3.05, 3.63) is 42.0 Å². The predicted molar refractivity (Wildman–Crippen MR) is 93.4 cm³/mol. The van der Waals surface area contributed by atoms with E-state index in [1.54, 1.807) is 24.3 Å². The van der Waals surface area contributed by atoms with Gasteiger partial charge in [-0.3, -0.25) is 14.4 Å². The Kier molecular flexibility index (Phi) is 8.18. The highest BCUT2D eigenvalue weighted by Gasteiger charge is 2.15. The van der Waals surface area contributed by atoms with Crippen LogP contribution in [0.15, 0.2) is 36.4 Å².